The Bertz CT molecular complexity index is 987. The Balaban J connectivity index is 1.98. The molecule has 11 heteroatoms. The van der Waals surface area contributed by atoms with Gasteiger partial charge in [0.1, 0.15) is 5.75 Å². The van der Waals surface area contributed by atoms with Crippen LogP contribution in [0.2, 0.25) is 0 Å². The predicted octanol–water partition coefficient (Wildman–Crippen LogP) is 5.06. The van der Waals surface area contributed by atoms with Crippen molar-refractivity contribution in [3.63, 3.8) is 0 Å². The maximum absolute atomic E-state index is 13.7. The largest absolute Gasteiger partial charge is 0.507 e. The topological polar surface area (TPSA) is 67.8 Å². The first-order valence-corrected chi connectivity index (χ1v) is 8.21. The van der Waals surface area contributed by atoms with Crippen molar-refractivity contribution in [2.24, 2.45) is 0 Å². The fraction of sp³-hybridized carbons (Fsp3) is 0.278. The molecular formula is C18H11F6NO4. The number of benzene rings is 2. The van der Waals surface area contributed by atoms with Crippen molar-refractivity contribution in [2.45, 2.75) is 30.6 Å². The maximum atomic E-state index is 13.7. The first-order chi connectivity index (χ1) is 13.5. The molecule has 0 saturated carbocycles. The lowest BCUT2D eigenvalue weighted by Crippen LogP contribution is -2.46. The summed E-state index contributed by atoms with van der Waals surface area (Å²) in [7, 11) is 0. The number of nitrogens with one attached hydrogen (secondary N) is 1. The van der Waals surface area contributed by atoms with Crippen LogP contribution in [-0.4, -0.2) is 23.6 Å². The van der Waals surface area contributed by atoms with Gasteiger partial charge in [-0.05, 0) is 23.8 Å². The van der Waals surface area contributed by atoms with E-state index >= 15 is 0 Å². The van der Waals surface area contributed by atoms with Crippen molar-refractivity contribution >= 4 is 11.8 Å². The van der Waals surface area contributed by atoms with Crippen LogP contribution in [0.5, 0.6) is 5.75 Å². The van der Waals surface area contributed by atoms with Crippen molar-refractivity contribution < 1.29 is 45.7 Å². The SMILES string of the molecule is O=C(O)OC1Nc2cc(C(F)(F)F)cc(C(F)(F)F)c2C2c3ccccc3OC12. The van der Waals surface area contributed by atoms with Crippen LogP contribution in [0.1, 0.15) is 28.2 Å². The quantitative estimate of drug-likeness (QED) is 0.500. The molecule has 0 spiro atoms. The van der Waals surface area contributed by atoms with E-state index in [0.717, 1.165) is 0 Å². The van der Waals surface area contributed by atoms with Gasteiger partial charge in [-0.15, -0.1) is 0 Å². The van der Waals surface area contributed by atoms with E-state index < -0.39 is 59.1 Å². The lowest BCUT2D eigenvalue weighted by molar-refractivity contribution is -0.143. The van der Waals surface area contributed by atoms with Crippen LogP contribution in [0.15, 0.2) is 36.4 Å². The van der Waals surface area contributed by atoms with E-state index in [9.17, 15) is 31.1 Å². The minimum Gasteiger partial charge on any atom is -0.483 e. The second-order valence-corrected chi connectivity index (χ2v) is 6.53. The molecular weight excluding hydrogens is 408 g/mol. The van der Waals surface area contributed by atoms with E-state index in [1.807, 2.05) is 0 Å². The van der Waals surface area contributed by atoms with Crippen molar-refractivity contribution in [3.8, 4) is 5.75 Å². The fourth-order valence-electron chi connectivity index (χ4n) is 3.74. The molecule has 3 unspecified atom stereocenters. The number of halogens is 6. The second-order valence-electron chi connectivity index (χ2n) is 6.53. The molecule has 2 aliphatic heterocycles. The van der Waals surface area contributed by atoms with Crippen molar-refractivity contribution in [2.75, 3.05) is 5.32 Å². The Kier molecular flexibility index (Phi) is 4.10. The highest BCUT2D eigenvalue weighted by Crippen LogP contribution is 2.53. The van der Waals surface area contributed by atoms with Crippen LogP contribution in [0.3, 0.4) is 0 Å². The Morgan fingerprint density at radius 3 is 2.38 bits per heavy atom. The number of carboxylic acid groups (broad SMARTS) is 1. The number of alkyl halides is 6. The minimum atomic E-state index is -5.09. The highest BCUT2D eigenvalue weighted by atomic mass is 19.4. The molecule has 2 aliphatic rings. The number of carbonyl (C=O) groups is 1. The number of anilines is 1. The average molecular weight is 419 g/mol. The Morgan fingerprint density at radius 1 is 1.07 bits per heavy atom. The number of para-hydroxylation sites is 1. The normalized spacial score (nSPS) is 22.6. The van der Waals surface area contributed by atoms with Crippen LogP contribution < -0.4 is 10.1 Å². The highest BCUT2D eigenvalue weighted by Gasteiger charge is 2.51. The van der Waals surface area contributed by atoms with Crippen LogP contribution in [0.25, 0.3) is 0 Å². The van der Waals surface area contributed by atoms with Gasteiger partial charge in [-0.2, -0.15) is 26.3 Å². The van der Waals surface area contributed by atoms with Crippen molar-refractivity contribution in [1.29, 1.82) is 0 Å². The van der Waals surface area contributed by atoms with E-state index in [1.165, 1.54) is 18.2 Å². The molecule has 2 aromatic rings. The lowest BCUT2D eigenvalue weighted by atomic mass is 9.80. The van der Waals surface area contributed by atoms with E-state index in [4.69, 9.17) is 9.84 Å². The third-order valence-electron chi connectivity index (χ3n) is 4.79. The summed E-state index contributed by atoms with van der Waals surface area (Å²) in [4.78, 5) is 11.0. The number of hydrogen-bond acceptors (Lipinski definition) is 4. The summed E-state index contributed by atoms with van der Waals surface area (Å²) in [6, 6.07) is 6.62. The zero-order chi connectivity index (χ0) is 21.1. The summed E-state index contributed by atoms with van der Waals surface area (Å²) in [5, 5.41) is 11.3. The number of ether oxygens (including phenoxy) is 2. The molecule has 0 radical (unpaired) electrons. The zero-order valence-corrected chi connectivity index (χ0v) is 14.1. The van der Waals surface area contributed by atoms with E-state index in [1.54, 1.807) is 6.07 Å². The molecule has 0 bridgehead atoms. The molecule has 0 aromatic heterocycles. The van der Waals surface area contributed by atoms with Gasteiger partial charge in [-0.1, -0.05) is 18.2 Å². The molecule has 154 valence electrons. The van der Waals surface area contributed by atoms with Crippen LogP contribution >= 0.6 is 0 Å². The molecule has 0 aliphatic carbocycles. The number of fused-ring (bicyclic) bond motifs is 5. The molecule has 0 fully saturated rings. The molecule has 2 N–H and O–H groups in total. The smallest absolute Gasteiger partial charge is 0.483 e. The van der Waals surface area contributed by atoms with Gasteiger partial charge in [0.15, 0.2) is 6.10 Å². The first kappa shape index (κ1) is 19.2. The van der Waals surface area contributed by atoms with E-state index in [2.05, 4.69) is 10.1 Å². The van der Waals surface area contributed by atoms with Crippen LogP contribution in [0, 0.1) is 0 Å². The summed E-state index contributed by atoms with van der Waals surface area (Å²) in [5.41, 5.74) is -3.66. The third kappa shape index (κ3) is 3.19. The fourth-order valence-corrected chi connectivity index (χ4v) is 3.74. The van der Waals surface area contributed by atoms with Gasteiger partial charge in [0.25, 0.3) is 0 Å². The Labute approximate surface area is 158 Å². The zero-order valence-electron chi connectivity index (χ0n) is 14.1. The third-order valence-corrected chi connectivity index (χ3v) is 4.79. The van der Waals surface area contributed by atoms with Crippen molar-refractivity contribution in [1.82, 2.24) is 0 Å². The van der Waals surface area contributed by atoms with E-state index in [-0.39, 0.29) is 11.8 Å². The molecule has 3 atom stereocenters. The monoisotopic (exact) mass is 419 g/mol. The molecule has 4 rings (SSSR count). The van der Waals surface area contributed by atoms with Crippen LogP contribution in [-0.2, 0) is 17.1 Å². The van der Waals surface area contributed by atoms with Gasteiger partial charge in [0, 0.05) is 11.3 Å². The second kappa shape index (κ2) is 6.19. The molecule has 0 amide bonds. The predicted molar refractivity (Wildman–Crippen MR) is 85.7 cm³/mol. The summed E-state index contributed by atoms with van der Waals surface area (Å²) in [6.45, 7) is 0. The summed E-state index contributed by atoms with van der Waals surface area (Å²) >= 11 is 0. The molecule has 29 heavy (non-hydrogen) atoms. The summed E-state index contributed by atoms with van der Waals surface area (Å²) in [6.07, 6.45) is -14.6. The summed E-state index contributed by atoms with van der Waals surface area (Å²) < 4.78 is 91.0. The molecule has 2 heterocycles. The van der Waals surface area contributed by atoms with Gasteiger partial charge in [-0.25, -0.2) is 4.79 Å². The molecule has 2 aromatic carbocycles. The standard InChI is InChI=1S/C18H11F6NO4/c19-17(20,21)7-5-9(18(22,23)24)13-10(6-7)25-15(29-16(26)27)14-12(13)8-3-1-2-4-11(8)28-14/h1-6,12,14-15,25H,(H,26,27). The Hall–Kier alpha value is -3.11. The Morgan fingerprint density at radius 2 is 1.76 bits per heavy atom. The van der Waals surface area contributed by atoms with Crippen molar-refractivity contribution in [3.05, 3.63) is 58.7 Å². The van der Waals surface area contributed by atoms with Gasteiger partial charge < -0.3 is 19.9 Å². The van der Waals surface area contributed by atoms with Gasteiger partial charge in [0.05, 0.1) is 17.0 Å². The molecule has 5 nitrogen and oxygen atoms in total. The van der Waals surface area contributed by atoms with E-state index in [0.29, 0.717) is 11.6 Å². The number of hydrogen-bond donors (Lipinski definition) is 2. The van der Waals surface area contributed by atoms with Gasteiger partial charge >= 0.3 is 18.5 Å². The average Bonchev–Trinajstić information content (AvgIpc) is 2.98. The van der Waals surface area contributed by atoms with Gasteiger partial charge in [0.2, 0.25) is 6.23 Å². The summed E-state index contributed by atoms with van der Waals surface area (Å²) in [5.74, 6) is -0.977. The van der Waals surface area contributed by atoms with Gasteiger partial charge in [-0.3, -0.25) is 0 Å². The van der Waals surface area contributed by atoms with Crippen LogP contribution in [0.4, 0.5) is 36.8 Å². The maximum Gasteiger partial charge on any atom is 0.507 e. The minimum absolute atomic E-state index is 0.0525. The highest BCUT2D eigenvalue weighted by molar-refractivity contribution is 5.68. The number of rotatable bonds is 1. The molecule has 0 saturated heterocycles. The first-order valence-electron chi connectivity index (χ1n) is 8.21. The lowest BCUT2D eigenvalue weighted by Gasteiger charge is -2.36.